The van der Waals surface area contributed by atoms with Crippen molar-refractivity contribution in [3.05, 3.63) is 108 Å². The van der Waals surface area contributed by atoms with Crippen molar-refractivity contribution in [2.75, 3.05) is 6.61 Å². The molecule has 44 heavy (non-hydrogen) atoms. The lowest BCUT2D eigenvalue weighted by Crippen LogP contribution is -2.41. The molecule has 1 unspecified atom stereocenters. The van der Waals surface area contributed by atoms with Gasteiger partial charge in [-0.3, -0.25) is 4.79 Å². The summed E-state index contributed by atoms with van der Waals surface area (Å²) in [4.78, 5) is 42.2. The predicted octanol–water partition coefficient (Wildman–Crippen LogP) is 4.79. The number of ether oxygens (including phenoxy) is 3. The second-order valence-corrected chi connectivity index (χ2v) is 14.5. The maximum Gasteiger partial charge on any atom is 0.338 e. The first-order valence-electron chi connectivity index (χ1n) is 14.1. The number of hydrogen-bond donors (Lipinski definition) is 2. The van der Waals surface area contributed by atoms with E-state index in [0.717, 1.165) is 22.0 Å². The molecule has 1 aliphatic rings. The molecule has 1 aliphatic heterocycles. The largest absolute Gasteiger partial charge is 0.504 e. The van der Waals surface area contributed by atoms with E-state index in [9.17, 15) is 24.6 Å². The van der Waals surface area contributed by atoms with E-state index in [-0.39, 0.29) is 23.0 Å². The van der Waals surface area contributed by atoms with E-state index in [1.807, 2.05) is 91.0 Å². The van der Waals surface area contributed by atoms with Gasteiger partial charge in [0.1, 0.15) is 11.5 Å². The maximum atomic E-state index is 14.8. The fourth-order valence-corrected chi connectivity index (χ4v) is 10.1. The number of hydrogen-bond acceptors (Lipinski definition) is 8. The monoisotopic (exact) mass is 612 g/mol. The fraction of sp³-hybridized carbons (Fsp3) is 0.200. The summed E-state index contributed by atoms with van der Waals surface area (Å²) in [6.07, 6.45) is 0. The Kier molecular flexibility index (Phi) is 8.40. The molecule has 0 aliphatic carbocycles. The molecule has 9 heteroatoms. The highest BCUT2D eigenvalue weighted by atomic mass is 31.2. The average molecular weight is 613 g/mol. The van der Waals surface area contributed by atoms with Crippen molar-refractivity contribution >= 4 is 46.0 Å². The topological polar surface area (TPSA) is 119 Å². The van der Waals surface area contributed by atoms with Crippen molar-refractivity contribution in [2.24, 2.45) is 0 Å². The summed E-state index contributed by atoms with van der Waals surface area (Å²) in [5, 5.41) is 23.7. The van der Waals surface area contributed by atoms with Crippen LogP contribution in [-0.2, 0) is 19.1 Å². The second kappa shape index (κ2) is 12.1. The SMILES string of the molecule is CCOC(=O)c1cc(O)c(O)c2c1C(C(C(=O)OC(C)(C)C)=P(c1ccccc1)(c1ccccc1)c1ccccc1)C(=O)O2. The molecule has 2 N–H and O–H groups in total. The summed E-state index contributed by atoms with van der Waals surface area (Å²) in [6, 6.07) is 29.2. The van der Waals surface area contributed by atoms with Crippen molar-refractivity contribution in [2.45, 2.75) is 39.2 Å². The van der Waals surface area contributed by atoms with Gasteiger partial charge in [-0.2, -0.15) is 0 Å². The Morgan fingerprint density at radius 3 is 1.75 bits per heavy atom. The first-order chi connectivity index (χ1) is 21.0. The molecule has 226 valence electrons. The lowest BCUT2D eigenvalue weighted by molar-refractivity contribution is -0.147. The molecule has 0 radical (unpaired) electrons. The van der Waals surface area contributed by atoms with Crippen molar-refractivity contribution in [1.29, 1.82) is 0 Å². The summed E-state index contributed by atoms with van der Waals surface area (Å²) in [6.45, 7) is 3.51. The molecule has 0 fully saturated rings. The number of aromatic hydroxyl groups is 2. The van der Waals surface area contributed by atoms with Crippen molar-refractivity contribution in [1.82, 2.24) is 0 Å². The highest BCUT2D eigenvalue weighted by Crippen LogP contribution is 2.55. The molecule has 0 spiro atoms. The van der Waals surface area contributed by atoms with Crippen LogP contribution in [-0.4, -0.2) is 45.6 Å². The minimum Gasteiger partial charge on any atom is -0.504 e. The second-order valence-electron chi connectivity index (χ2n) is 11.2. The van der Waals surface area contributed by atoms with Gasteiger partial charge in [-0.1, -0.05) is 91.0 Å². The van der Waals surface area contributed by atoms with Crippen LogP contribution in [0.25, 0.3) is 0 Å². The highest BCUT2D eigenvalue weighted by Gasteiger charge is 2.50. The molecule has 4 aromatic rings. The third kappa shape index (κ3) is 5.38. The van der Waals surface area contributed by atoms with Gasteiger partial charge in [0.05, 0.1) is 17.5 Å². The molecular weight excluding hydrogens is 579 g/mol. The summed E-state index contributed by atoms with van der Waals surface area (Å²) in [5.41, 5.74) is -1.24. The summed E-state index contributed by atoms with van der Waals surface area (Å²) >= 11 is 0. The number of esters is 3. The minimum atomic E-state index is -3.30. The zero-order chi connectivity index (χ0) is 31.6. The van der Waals surface area contributed by atoms with Gasteiger partial charge in [0, 0.05) is 5.56 Å². The van der Waals surface area contributed by atoms with E-state index >= 15 is 0 Å². The Labute approximate surface area is 255 Å². The number of fused-ring (bicyclic) bond motifs is 1. The van der Waals surface area contributed by atoms with Gasteiger partial charge in [-0.05, 0) is 56.6 Å². The summed E-state index contributed by atoms with van der Waals surface area (Å²) in [5.74, 6) is -5.83. The zero-order valence-electron chi connectivity index (χ0n) is 24.8. The molecule has 4 aromatic carbocycles. The van der Waals surface area contributed by atoms with E-state index in [1.54, 1.807) is 27.7 Å². The fourth-order valence-electron chi connectivity index (χ4n) is 5.54. The summed E-state index contributed by atoms with van der Waals surface area (Å²) in [7, 11) is 0. The molecule has 5 rings (SSSR count). The Morgan fingerprint density at radius 1 is 0.841 bits per heavy atom. The summed E-state index contributed by atoms with van der Waals surface area (Å²) < 4.78 is 16.9. The Bertz CT molecular complexity index is 1670. The van der Waals surface area contributed by atoms with Gasteiger partial charge in [-0.15, -0.1) is 0 Å². The normalized spacial score (nSPS) is 14.4. The van der Waals surface area contributed by atoms with Gasteiger partial charge in [0.2, 0.25) is 5.75 Å². The number of carbonyl (C=O) groups excluding carboxylic acids is 3. The highest BCUT2D eigenvalue weighted by molar-refractivity contribution is 7.96. The zero-order valence-corrected chi connectivity index (χ0v) is 25.7. The van der Waals surface area contributed by atoms with Gasteiger partial charge in [0.15, 0.2) is 11.5 Å². The molecule has 0 aromatic heterocycles. The third-order valence-electron chi connectivity index (χ3n) is 7.17. The van der Waals surface area contributed by atoms with E-state index in [4.69, 9.17) is 14.2 Å². The van der Waals surface area contributed by atoms with Crippen LogP contribution >= 0.6 is 6.89 Å². The quantitative estimate of drug-likeness (QED) is 0.132. The van der Waals surface area contributed by atoms with Crippen LogP contribution in [0.1, 0.15) is 49.5 Å². The van der Waals surface area contributed by atoms with Crippen molar-refractivity contribution < 1.29 is 38.8 Å². The van der Waals surface area contributed by atoms with Crippen LogP contribution in [0.15, 0.2) is 97.1 Å². The third-order valence-corrected chi connectivity index (χ3v) is 11.6. The average Bonchev–Trinajstić information content (AvgIpc) is 3.34. The molecule has 8 nitrogen and oxygen atoms in total. The molecule has 0 bridgehead atoms. The van der Waals surface area contributed by atoms with Crippen molar-refractivity contribution in [3.8, 4) is 17.2 Å². The molecule has 0 saturated carbocycles. The van der Waals surface area contributed by atoms with Gasteiger partial charge in [-0.25, -0.2) is 9.59 Å². The van der Waals surface area contributed by atoms with Gasteiger partial charge in [0.25, 0.3) is 0 Å². The Hall–Kier alpha value is -4.81. The molecule has 0 amide bonds. The number of phenolic OH excluding ortho intramolecular Hbond substituents is 2. The van der Waals surface area contributed by atoms with Crippen LogP contribution in [0.5, 0.6) is 17.2 Å². The number of rotatable bonds is 7. The van der Waals surface area contributed by atoms with Crippen LogP contribution in [0, 0.1) is 0 Å². The number of benzene rings is 4. The maximum absolute atomic E-state index is 14.8. The van der Waals surface area contributed by atoms with Gasteiger partial charge < -0.3 is 24.4 Å². The van der Waals surface area contributed by atoms with Crippen molar-refractivity contribution in [3.63, 3.8) is 0 Å². The number of carbonyl (C=O) groups is 3. The van der Waals surface area contributed by atoms with Gasteiger partial charge >= 0.3 is 17.9 Å². The lowest BCUT2D eigenvalue weighted by atomic mass is 9.91. The Balaban J connectivity index is 2.07. The van der Waals surface area contributed by atoms with Crippen LogP contribution in [0.4, 0.5) is 0 Å². The van der Waals surface area contributed by atoms with E-state index in [2.05, 4.69) is 0 Å². The van der Waals surface area contributed by atoms with E-state index in [1.165, 1.54) is 0 Å². The van der Waals surface area contributed by atoms with Crippen LogP contribution in [0.3, 0.4) is 0 Å². The minimum absolute atomic E-state index is 0.00629. The Morgan fingerprint density at radius 2 is 1.32 bits per heavy atom. The standard InChI is InChI=1S/C35H33O8P/c1-5-41-32(38)25-21-26(36)29(37)30-27(25)28(33(39)42-30)31(34(40)43-35(2,3)4)44(22-15-9-6-10-16-22,23-17-11-7-12-18-23)24-19-13-8-14-20-24/h6-21,28,36-37H,5H2,1-4H3. The molecule has 0 saturated heterocycles. The number of phenols is 2. The molecule has 1 heterocycles. The van der Waals surface area contributed by atoms with Crippen LogP contribution < -0.4 is 20.7 Å². The first-order valence-corrected chi connectivity index (χ1v) is 15.9. The first kappa shape index (κ1) is 30.6. The lowest BCUT2D eigenvalue weighted by Gasteiger charge is -2.34. The van der Waals surface area contributed by atoms with Crippen LogP contribution in [0.2, 0.25) is 0 Å². The smallest absolute Gasteiger partial charge is 0.338 e. The predicted molar refractivity (Wildman–Crippen MR) is 170 cm³/mol. The molecule has 1 atom stereocenters. The van der Waals surface area contributed by atoms with E-state index < -0.39 is 53.6 Å². The van der Waals surface area contributed by atoms with E-state index in [0.29, 0.717) is 0 Å². The molecular formula is C35H33O8P.